The fourth-order valence-electron chi connectivity index (χ4n) is 1.47. The largest absolute Gasteiger partial charge is 0.398 e. The molecule has 0 spiro atoms. The SMILES string of the molecule is CC(C)CN(C)S(=O)(=O)c1ccc(Br)c(N)c1. The second-order valence-corrected chi connectivity index (χ2v) is 7.26. The lowest BCUT2D eigenvalue weighted by Gasteiger charge is -2.19. The van der Waals surface area contributed by atoms with Crippen molar-refractivity contribution in [2.45, 2.75) is 18.7 Å². The summed E-state index contributed by atoms with van der Waals surface area (Å²) in [7, 11) is -1.86. The molecular formula is C11H17BrN2O2S. The molecule has 0 bridgehead atoms. The number of hydrogen-bond acceptors (Lipinski definition) is 3. The first-order valence-corrected chi connectivity index (χ1v) is 7.50. The lowest BCUT2D eigenvalue weighted by atomic mass is 10.2. The summed E-state index contributed by atoms with van der Waals surface area (Å²) in [6.45, 7) is 4.43. The van der Waals surface area contributed by atoms with Gasteiger partial charge in [0.15, 0.2) is 0 Å². The van der Waals surface area contributed by atoms with Crippen molar-refractivity contribution in [3.8, 4) is 0 Å². The number of rotatable bonds is 4. The highest BCUT2D eigenvalue weighted by Crippen LogP contribution is 2.24. The minimum Gasteiger partial charge on any atom is -0.398 e. The van der Waals surface area contributed by atoms with Gasteiger partial charge in [-0.3, -0.25) is 0 Å². The van der Waals surface area contributed by atoms with Crippen LogP contribution < -0.4 is 5.73 Å². The van der Waals surface area contributed by atoms with Crippen LogP contribution in [-0.2, 0) is 10.0 Å². The fraction of sp³-hybridized carbons (Fsp3) is 0.455. The second-order valence-electron chi connectivity index (χ2n) is 4.36. The van der Waals surface area contributed by atoms with E-state index in [4.69, 9.17) is 5.73 Å². The standard InChI is InChI=1S/C11H17BrN2O2S/c1-8(2)7-14(3)17(15,16)9-4-5-10(12)11(13)6-9/h4-6,8H,7,13H2,1-3H3. The molecule has 6 heteroatoms. The van der Waals surface area contributed by atoms with Crippen molar-refractivity contribution >= 4 is 31.6 Å². The molecule has 1 aromatic carbocycles. The molecule has 0 amide bonds. The van der Waals surface area contributed by atoms with Gasteiger partial charge in [-0.15, -0.1) is 0 Å². The maximum absolute atomic E-state index is 12.2. The van der Waals surface area contributed by atoms with Crippen LogP contribution in [0, 0.1) is 5.92 Å². The van der Waals surface area contributed by atoms with Gasteiger partial charge in [0.05, 0.1) is 4.90 Å². The second kappa shape index (κ2) is 5.37. The van der Waals surface area contributed by atoms with Crippen molar-refractivity contribution in [3.05, 3.63) is 22.7 Å². The number of anilines is 1. The molecule has 0 aliphatic heterocycles. The van der Waals surface area contributed by atoms with Gasteiger partial charge in [-0.2, -0.15) is 0 Å². The van der Waals surface area contributed by atoms with Gasteiger partial charge in [0, 0.05) is 23.8 Å². The minimum absolute atomic E-state index is 0.223. The van der Waals surface area contributed by atoms with E-state index >= 15 is 0 Å². The van der Waals surface area contributed by atoms with Crippen molar-refractivity contribution in [1.82, 2.24) is 4.31 Å². The lowest BCUT2D eigenvalue weighted by Crippen LogP contribution is -2.30. The number of nitrogens with two attached hydrogens (primary N) is 1. The monoisotopic (exact) mass is 320 g/mol. The van der Waals surface area contributed by atoms with E-state index < -0.39 is 10.0 Å². The Balaban J connectivity index is 3.09. The third-order valence-corrected chi connectivity index (χ3v) is 4.84. The Morgan fingerprint density at radius 3 is 2.47 bits per heavy atom. The van der Waals surface area contributed by atoms with Gasteiger partial charge in [-0.05, 0) is 40.0 Å². The maximum atomic E-state index is 12.2. The first-order chi connectivity index (χ1) is 7.75. The van der Waals surface area contributed by atoms with E-state index in [9.17, 15) is 8.42 Å². The summed E-state index contributed by atoms with van der Waals surface area (Å²) in [5.74, 6) is 0.280. The van der Waals surface area contributed by atoms with Gasteiger partial charge >= 0.3 is 0 Å². The number of sulfonamides is 1. The molecule has 0 radical (unpaired) electrons. The third kappa shape index (κ3) is 3.43. The van der Waals surface area contributed by atoms with Crippen LogP contribution in [0.15, 0.2) is 27.6 Å². The van der Waals surface area contributed by atoms with Crippen LogP contribution >= 0.6 is 15.9 Å². The molecule has 0 saturated carbocycles. The molecular weight excluding hydrogens is 304 g/mol. The Morgan fingerprint density at radius 2 is 2.00 bits per heavy atom. The minimum atomic E-state index is -3.44. The molecule has 0 aliphatic rings. The summed E-state index contributed by atoms with van der Waals surface area (Å²) in [4.78, 5) is 0.223. The van der Waals surface area contributed by atoms with Crippen molar-refractivity contribution in [1.29, 1.82) is 0 Å². The molecule has 0 atom stereocenters. The van der Waals surface area contributed by atoms with Crippen LogP contribution in [0.1, 0.15) is 13.8 Å². The van der Waals surface area contributed by atoms with Gasteiger partial charge in [-0.1, -0.05) is 13.8 Å². The number of benzene rings is 1. The molecule has 96 valence electrons. The third-order valence-electron chi connectivity index (χ3n) is 2.30. The Hall–Kier alpha value is -0.590. The summed E-state index contributed by atoms with van der Waals surface area (Å²) in [6.07, 6.45) is 0. The molecule has 2 N–H and O–H groups in total. The smallest absolute Gasteiger partial charge is 0.242 e. The van der Waals surface area contributed by atoms with Crippen molar-refractivity contribution in [2.24, 2.45) is 5.92 Å². The van der Waals surface area contributed by atoms with Gasteiger partial charge in [0.1, 0.15) is 0 Å². The average molecular weight is 321 g/mol. The van der Waals surface area contributed by atoms with E-state index in [1.54, 1.807) is 19.2 Å². The van der Waals surface area contributed by atoms with Crippen molar-refractivity contribution in [3.63, 3.8) is 0 Å². The van der Waals surface area contributed by atoms with Crippen LogP contribution in [-0.4, -0.2) is 26.3 Å². The van der Waals surface area contributed by atoms with E-state index in [0.29, 0.717) is 16.7 Å². The molecule has 0 heterocycles. The van der Waals surface area contributed by atoms with Crippen LogP contribution in [0.4, 0.5) is 5.69 Å². The molecule has 0 aromatic heterocycles. The number of halogens is 1. The summed E-state index contributed by atoms with van der Waals surface area (Å²) >= 11 is 3.24. The van der Waals surface area contributed by atoms with E-state index in [0.717, 1.165) is 0 Å². The quantitative estimate of drug-likeness (QED) is 0.866. The highest BCUT2D eigenvalue weighted by molar-refractivity contribution is 9.10. The summed E-state index contributed by atoms with van der Waals surface area (Å²) < 4.78 is 26.4. The Kier molecular flexibility index (Phi) is 4.57. The zero-order valence-electron chi connectivity index (χ0n) is 10.1. The van der Waals surface area contributed by atoms with Gasteiger partial charge in [0.2, 0.25) is 10.0 Å². The van der Waals surface area contributed by atoms with Crippen LogP contribution in [0.3, 0.4) is 0 Å². The van der Waals surface area contributed by atoms with E-state index in [2.05, 4.69) is 15.9 Å². The average Bonchev–Trinajstić information content (AvgIpc) is 2.20. The predicted molar refractivity (Wildman–Crippen MR) is 73.2 cm³/mol. The normalized spacial score (nSPS) is 12.4. The highest BCUT2D eigenvalue weighted by atomic mass is 79.9. The molecule has 0 fully saturated rings. The van der Waals surface area contributed by atoms with Crippen molar-refractivity contribution in [2.75, 3.05) is 19.3 Å². The highest BCUT2D eigenvalue weighted by Gasteiger charge is 2.21. The maximum Gasteiger partial charge on any atom is 0.242 e. The number of nitrogen functional groups attached to an aromatic ring is 1. The summed E-state index contributed by atoms with van der Waals surface area (Å²) in [5.41, 5.74) is 6.11. The van der Waals surface area contributed by atoms with Crippen molar-refractivity contribution < 1.29 is 8.42 Å². The Labute approximate surface area is 111 Å². The lowest BCUT2D eigenvalue weighted by molar-refractivity contribution is 0.417. The fourth-order valence-corrected chi connectivity index (χ4v) is 3.09. The Morgan fingerprint density at radius 1 is 1.41 bits per heavy atom. The molecule has 0 unspecified atom stereocenters. The molecule has 1 aromatic rings. The summed E-state index contributed by atoms with van der Waals surface area (Å²) in [6, 6.07) is 4.66. The molecule has 0 saturated heterocycles. The first kappa shape index (κ1) is 14.5. The van der Waals surface area contributed by atoms with E-state index in [-0.39, 0.29) is 10.8 Å². The zero-order chi connectivity index (χ0) is 13.2. The number of hydrogen-bond donors (Lipinski definition) is 1. The van der Waals surface area contributed by atoms with Gasteiger partial charge in [-0.25, -0.2) is 12.7 Å². The predicted octanol–water partition coefficient (Wildman–Crippen LogP) is 2.31. The van der Waals surface area contributed by atoms with Gasteiger partial charge < -0.3 is 5.73 Å². The van der Waals surface area contributed by atoms with E-state index in [1.165, 1.54) is 10.4 Å². The molecule has 4 nitrogen and oxygen atoms in total. The van der Waals surface area contributed by atoms with E-state index in [1.807, 2.05) is 13.8 Å². The molecule has 17 heavy (non-hydrogen) atoms. The molecule has 0 aliphatic carbocycles. The summed E-state index contributed by atoms with van der Waals surface area (Å²) in [5, 5.41) is 0. The van der Waals surface area contributed by atoms with Crippen LogP contribution in [0.25, 0.3) is 0 Å². The van der Waals surface area contributed by atoms with Gasteiger partial charge in [0.25, 0.3) is 0 Å². The molecule has 1 rings (SSSR count). The zero-order valence-corrected chi connectivity index (χ0v) is 12.5. The Bertz CT molecular complexity index is 500. The first-order valence-electron chi connectivity index (χ1n) is 5.26. The van der Waals surface area contributed by atoms with Crippen LogP contribution in [0.5, 0.6) is 0 Å². The van der Waals surface area contributed by atoms with Crippen LogP contribution in [0.2, 0.25) is 0 Å². The topological polar surface area (TPSA) is 63.4 Å². The number of nitrogens with zero attached hydrogens (tertiary/aromatic N) is 1.